The van der Waals surface area contributed by atoms with Crippen LogP contribution >= 0.6 is 15.9 Å². The fourth-order valence-electron chi connectivity index (χ4n) is 2.01. The van der Waals surface area contributed by atoms with E-state index in [2.05, 4.69) is 40.2 Å². The molecule has 0 bridgehead atoms. The quantitative estimate of drug-likeness (QED) is 0.802. The second-order valence-corrected chi connectivity index (χ2v) is 6.05. The number of primary amides is 1. The Morgan fingerprint density at radius 1 is 1.47 bits per heavy atom. The molecule has 0 saturated heterocycles. The molecule has 1 rings (SSSR count). The molecule has 0 unspecified atom stereocenters. The zero-order valence-electron chi connectivity index (χ0n) is 12.1. The van der Waals surface area contributed by atoms with Crippen LogP contribution in [0, 0.1) is 0 Å². The Kier molecular flexibility index (Phi) is 5.55. The molecule has 3 N–H and O–H groups in total. The van der Waals surface area contributed by atoms with E-state index in [0.717, 1.165) is 28.8 Å². The number of aryl methyl sites for hydroxylation is 2. The third-order valence-corrected chi connectivity index (χ3v) is 3.96. The van der Waals surface area contributed by atoms with Gasteiger partial charge in [-0.05, 0) is 43.1 Å². The van der Waals surface area contributed by atoms with Crippen molar-refractivity contribution < 1.29 is 4.79 Å². The Morgan fingerprint density at radius 3 is 2.58 bits per heavy atom. The van der Waals surface area contributed by atoms with E-state index >= 15 is 0 Å². The van der Waals surface area contributed by atoms with Crippen LogP contribution in [0.2, 0.25) is 0 Å². The lowest BCUT2D eigenvalue weighted by Crippen LogP contribution is -2.42. The average molecular weight is 331 g/mol. The van der Waals surface area contributed by atoms with Gasteiger partial charge >= 0.3 is 0 Å². The predicted molar refractivity (Wildman–Crippen MR) is 79.7 cm³/mol. The molecule has 1 aromatic heterocycles. The van der Waals surface area contributed by atoms with E-state index in [1.807, 2.05) is 18.5 Å². The number of carbonyl (C=O) groups excluding carboxylic acids is 1. The maximum atomic E-state index is 11.0. The van der Waals surface area contributed by atoms with Crippen LogP contribution in [0.3, 0.4) is 0 Å². The lowest BCUT2D eigenvalue weighted by molar-refractivity contribution is -0.119. The van der Waals surface area contributed by atoms with Crippen LogP contribution in [0.25, 0.3) is 0 Å². The smallest absolute Gasteiger partial charge is 0.219 e. The number of amides is 1. The fraction of sp³-hybridized carbons (Fsp3) is 0.692. The molecule has 0 radical (unpaired) electrons. The standard InChI is InChI=1S/C13H23BrN4O/c1-5-9-12(14)10(18(6-2)17-9)8-16-13(3,4)7-11(15)19/h16H,5-8H2,1-4H3,(H2,15,19). The van der Waals surface area contributed by atoms with E-state index in [1.54, 1.807) is 0 Å². The van der Waals surface area contributed by atoms with Crippen molar-refractivity contribution in [3.63, 3.8) is 0 Å². The lowest BCUT2D eigenvalue weighted by atomic mass is 10.0. The molecule has 0 aliphatic carbocycles. The van der Waals surface area contributed by atoms with Crippen molar-refractivity contribution in [1.29, 1.82) is 0 Å². The van der Waals surface area contributed by atoms with Crippen LogP contribution in [0.5, 0.6) is 0 Å². The van der Waals surface area contributed by atoms with Crippen molar-refractivity contribution in [1.82, 2.24) is 15.1 Å². The van der Waals surface area contributed by atoms with E-state index in [0.29, 0.717) is 13.0 Å². The van der Waals surface area contributed by atoms with Gasteiger partial charge in [0, 0.05) is 25.0 Å². The first-order valence-corrected chi connectivity index (χ1v) is 7.37. The van der Waals surface area contributed by atoms with Gasteiger partial charge in [-0.15, -0.1) is 0 Å². The minimum atomic E-state index is -0.319. The first-order chi connectivity index (χ1) is 8.80. The molecule has 0 fully saturated rings. The van der Waals surface area contributed by atoms with Gasteiger partial charge < -0.3 is 11.1 Å². The summed E-state index contributed by atoms with van der Waals surface area (Å²) in [6.07, 6.45) is 1.21. The van der Waals surface area contributed by atoms with Crippen LogP contribution in [-0.4, -0.2) is 21.2 Å². The largest absolute Gasteiger partial charge is 0.370 e. The van der Waals surface area contributed by atoms with Crippen LogP contribution in [0.1, 0.15) is 45.5 Å². The zero-order chi connectivity index (χ0) is 14.6. The summed E-state index contributed by atoms with van der Waals surface area (Å²) >= 11 is 3.61. The Balaban J connectivity index is 2.82. The molecule has 1 aromatic rings. The van der Waals surface area contributed by atoms with Gasteiger partial charge in [-0.1, -0.05) is 6.92 Å². The maximum Gasteiger partial charge on any atom is 0.219 e. The Labute approximate surface area is 123 Å². The Bertz CT molecular complexity index is 454. The van der Waals surface area contributed by atoms with Crippen LogP contribution in [0.4, 0.5) is 0 Å². The molecule has 0 saturated carbocycles. The first-order valence-electron chi connectivity index (χ1n) is 6.58. The third kappa shape index (κ3) is 4.31. The molecule has 19 heavy (non-hydrogen) atoms. The van der Waals surface area contributed by atoms with Gasteiger partial charge in [0.25, 0.3) is 0 Å². The highest BCUT2D eigenvalue weighted by molar-refractivity contribution is 9.10. The highest BCUT2D eigenvalue weighted by Crippen LogP contribution is 2.23. The summed E-state index contributed by atoms with van der Waals surface area (Å²) in [6.45, 7) is 9.57. The third-order valence-electron chi connectivity index (χ3n) is 3.04. The van der Waals surface area contributed by atoms with E-state index in [9.17, 15) is 4.79 Å². The Morgan fingerprint density at radius 2 is 2.11 bits per heavy atom. The predicted octanol–water partition coefficient (Wildman–Crippen LogP) is 1.97. The van der Waals surface area contributed by atoms with Gasteiger partial charge in [0.15, 0.2) is 0 Å². The number of hydrogen-bond acceptors (Lipinski definition) is 3. The molecular formula is C13H23BrN4O. The number of nitrogens with one attached hydrogen (secondary N) is 1. The summed E-state index contributed by atoms with van der Waals surface area (Å²) in [5.41, 5.74) is 7.10. The van der Waals surface area contributed by atoms with E-state index in [4.69, 9.17) is 5.73 Å². The number of nitrogens with two attached hydrogens (primary N) is 1. The molecular weight excluding hydrogens is 308 g/mol. The monoisotopic (exact) mass is 330 g/mol. The van der Waals surface area contributed by atoms with Gasteiger partial charge in [-0.25, -0.2) is 0 Å². The number of rotatable bonds is 7. The maximum absolute atomic E-state index is 11.0. The second-order valence-electron chi connectivity index (χ2n) is 5.26. The molecule has 0 aliphatic rings. The SMILES string of the molecule is CCc1nn(CC)c(CNC(C)(C)CC(N)=O)c1Br. The molecule has 0 aliphatic heterocycles. The highest BCUT2D eigenvalue weighted by Gasteiger charge is 2.22. The summed E-state index contributed by atoms with van der Waals surface area (Å²) in [5.74, 6) is -0.296. The molecule has 0 spiro atoms. The van der Waals surface area contributed by atoms with E-state index in [-0.39, 0.29) is 11.4 Å². The molecule has 0 aromatic carbocycles. The average Bonchev–Trinajstić information content (AvgIpc) is 2.61. The van der Waals surface area contributed by atoms with Crippen molar-refractivity contribution in [3.8, 4) is 0 Å². The molecule has 1 amide bonds. The summed E-state index contributed by atoms with van der Waals surface area (Å²) in [6, 6.07) is 0. The van der Waals surface area contributed by atoms with Gasteiger partial charge in [0.05, 0.1) is 15.9 Å². The van der Waals surface area contributed by atoms with Crippen LogP contribution in [0.15, 0.2) is 4.47 Å². The van der Waals surface area contributed by atoms with E-state index in [1.165, 1.54) is 0 Å². The normalized spacial score (nSPS) is 11.8. The Hall–Kier alpha value is -0.880. The summed E-state index contributed by atoms with van der Waals surface area (Å²) in [4.78, 5) is 11.0. The van der Waals surface area contributed by atoms with Crippen molar-refractivity contribution >= 4 is 21.8 Å². The van der Waals surface area contributed by atoms with Crippen LogP contribution < -0.4 is 11.1 Å². The van der Waals surface area contributed by atoms with Crippen molar-refractivity contribution in [3.05, 3.63) is 15.9 Å². The minimum absolute atomic E-state index is 0.296. The number of aromatic nitrogens is 2. The zero-order valence-corrected chi connectivity index (χ0v) is 13.7. The molecule has 6 heteroatoms. The molecule has 1 heterocycles. The summed E-state index contributed by atoms with van der Waals surface area (Å²) in [5, 5.41) is 7.91. The van der Waals surface area contributed by atoms with Gasteiger partial charge in [-0.2, -0.15) is 5.10 Å². The summed E-state index contributed by atoms with van der Waals surface area (Å²) in [7, 11) is 0. The van der Waals surface area contributed by atoms with E-state index < -0.39 is 0 Å². The second kappa shape index (κ2) is 6.52. The number of carbonyl (C=O) groups is 1. The minimum Gasteiger partial charge on any atom is -0.370 e. The number of hydrogen-bond donors (Lipinski definition) is 2. The van der Waals surface area contributed by atoms with Crippen LogP contribution in [-0.2, 0) is 24.3 Å². The number of nitrogens with zero attached hydrogens (tertiary/aromatic N) is 2. The number of halogens is 1. The fourth-order valence-corrected chi connectivity index (χ4v) is 2.71. The molecule has 108 valence electrons. The van der Waals surface area contributed by atoms with Crippen molar-refractivity contribution in [2.24, 2.45) is 5.73 Å². The topological polar surface area (TPSA) is 72.9 Å². The summed E-state index contributed by atoms with van der Waals surface area (Å²) < 4.78 is 3.04. The van der Waals surface area contributed by atoms with Gasteiger partial charge in [0.2, 0.25) is 5.91 Å². The van der Waals surface area contributed by atoms with Crippen molar-refractivity contribution in [2.45, 2.75) is 59.2 Å². The first kappa shape index (κ1) is 16.2. The van der Waals surface area contributed by atoms with Gasteiger partial charge in [0.1, 0.15) is 0 Å². The molecule has 0 atom stereocenters. The van der Waals surface area contributed by atoms with Gasteiger partial charge in [-0.3, -0.25) is 9.48 Å². The van der Waals surface area contributed by atoms with Crippen molar-refractivity contribution in [2.75, 3.05) is 0 Å². The highest BCUT2D eigenvalue weighted by atomic mass is 79.9. The molecule has 5 nitrogen and oxygen atoms in total. The lowest BCUT2D eigenvalue weighted by Gasteiger charge is -2.25.